The Hall–Kier alpha value is -7.80. The molecule has 0 aliphatic heterocycles. The Morgan fingerprint density at radius 1 is 0.270 bits per heavy atom. The highest BCUT2D eigenvalue weighted by Gasteiger charge is 2.44. The van der Waals surface area contributed by atoms with Crippen LogP contribution in [0.4, 0.5) is 0 Å². The lowest BCUT2D eigenvalue weighted by Crippen LogP contribution is -2.26. The Morgan fingerprint density at radius 3 is 1.27 bits per heavy atom. The van der Waals surface area contributed by atoms with E-state index in [1.807, 2.05) is 0 Å². The lowest BCUT2D eigenvalue weighted by atomic mass is 9.69. The van der Waals surface area contributed by atoms with Crippen LogP contribution in [0.5, 0.6) is 0 Å². The third-order valence-electron chi connectivity index (χ3n) is 13.8. The van der Waals surface area contributed by atoms with Gasteiger partial charge in [0.15, 0.2) is 0 Å². The van der Waals surface area contributed by atoms with E-state index in [9.17, 15) is 0 Å². The number of hydrogen-bond donors (Lipinski definition) is 0. The van der Waals surface area contributed by atoms with Gasteiger partial charge in [0.1, 0.15) is 0 Å². The van der Waals surface area contributed by atoms with Gasteiger partial charge < -0.3 is 0 Å². The molecule has 11 aromatic carbocycles. The molecule has 0 spiro atoms. The molecule has 0 N–H and O–H groups in total. The molecular weight excluding hydrogens is 757 g/mol. The van der Waals surface area contributed by atoms with E-state index in [2.05, 4.69) is 244 Å². The number of hydrogen-bond acceptors (Lipinski definition) is 0. The molecule has 0 saturated carbocycles. The third kappa shape index (κ3) is 5.90. The molecule has 0 bridgehead atoms. The van der Waals surface area contributed by atoms with E-state index in [-0.39, 0.29) is 5.41 Å². The maximum atomic E-state index is 2.54. The van der Waals surface area contributed by atoms with E-state index < -0.39 is 0 Å². The van der Waals surface area contributed by atoms with Gasteiger partial charge in [0.2, 0.25) is 0 Å². The van der Waals surface area contributed by atoms with Crippen LogP contribution in [0.25, 0.3) is 99.1 Å². The van der Waals surface area contributed by atoms with Gasteiger partial charge in [-0.1, -0.05) is 219 Å². The van der Waals surface area contributed by atoms with E-state index in [0.29, 0.717) is 0 Å². The Labute approximate surface area is 369 Å². The van der Waals surface area contributed by atoms with Crippen molar-refractivity contribution in [1.29, 1.82) is 0 Å². The lowest BCUT2D eigenvalue weighted by Gasteiger charge is -2.33. The molecule has 0 nitrogen and oxygen atoms in total. The largest absolute Gasteiger partial charge is 0.0639 e. The molecule has 63 heavy (non-hydrogen) atoms. The van der Waals surface area contributed by atoms with Gasteiger partial charge in [0.05, 0.1) is 0 Å². The van der Waals surface area contributed by atoms with Gasteiger partial charge in [-0.05, 0) is 146 Å². The maximum absolute atomic E-state index is 2.54. The van der Waals surface area contributed by atoms with Gasteiger partial charge in [0.25, 0.3) is 0 Å². The molecule has 1 atom stereocenters. The molecular formula is C63H44. The number of benzene rings is 11. The van der Waals surface area contributed by atoms with Crippen LogP contribution in [-0.4, -0.2) is 0 Å². The van der Waals surface area contributed by atoms with Crippen LogP contribution in [0.15, 0.2) is 237 Å². The van der Waals surface area contributed by atoms with Gasteiger partial charge in [-0.3, -0.25) is 0 Å². The Bertz CT molecular complexity index is 3400. The van der Waals surface area contributed by atoms with Crippen LogP contribution in [0, 0.1) is 0 Å². The van der Waals surface area contributed by atoms with Crippen molar-refractivity contribution < 1.29 is 0 Å². The fourth-order valence-corrected chi connectivity index (χ4v) is 11.0. The van der Waals surface area contributed by atoms with Crippen LogP contribution in [-0.2, 0) is 5.41 Å². The van der Waals surface area contributed by atoms with Crippen LogP contribution >= 0.6 is 0 Å². The summed E-state index contributed by atoms with van der Waals surface area (Å²) in [7, 11) is 0. The van der Waals surface area contributed by atoms with E-state index in [4.69, 9.17) is 0 Å². The van der Waals surface area contributed by atoms with Crippen molar-refractivity contribution in [3.8, 4) is 66.8 Å². The first-order valence-electron chi connectivity index (χ1n) is 22.2. The van der Waals surface area contributed by atoms with Gasteiger partial charge in [-0.25, -0.2) is 0 Å². The summed E-state index contributed by atoms with van der Waals surface area (Å²) < 4.78 is 0. The van der Waals surface area contributed by atoms with Crippen molar-refractivity contribution in [3.05, 3.63) is 253 Å². The Morgan fingerprint density at radius 2 is 0.683 bits per heavy atom. The van der Waals surface area contributed by atoms with E-state index in [0.717, 1.165) is 6.42 Å². The minimum atomic E-state index is -0.293. The second-order valence-corrected chi connectivity index (χ2v) is 17.0. The van der Waals surface area contributed by atoms with Crippen molar-refractivity contribution in [2.24, 2.45) is 0 Å². The predicted molar refractivity (Wildman–Crippen MR) is 268 cm³/mol. The van der Waals surface area contributed by atoms with Crippen molar-refractivity contribution in [2.45, 2.75) is 18.8 Å². The summed E-state index contributed by atoms with van der Waals surface area (Å²) in [5.41, 5.74) is 18.8. The number of fused-ring (bicyclic) bond motifs is 6. The second kappa shape index (κ2) is 15.0. The first kappa shape index (κ1) is 37.0. The molecule has 11 aromatic rings. The first-order chi connectivity index (χ1) is 31.2. The van der Waals surface area contributed by atoms with Gasteiger partial charge in [0, 0.05) is 5.41 Å². The molecule has 0 heteroatoms. The summed E-state index contributed by atoms with van der Waals surface area (Å²) in [6.45, 7) is 2.37. The highest BCUT2D eigenvalue weighted by molar-refractivity contribution is 6.21. The Balaban J connectivity index is 1.03. The van der Waals surface area contributed by atoms with Crippen molar-refractivity contribution in [3.63, 3.8) is 0 Å². The summed E-state index contributed by atoms with van der Waals surface area (Å²) in [6, 6.07) is 87.9. The van der Waals surface area contributed by atoms with Crippen LogP contribution in [0.2, 0.25) is 0 Å². The summed E-state index contributed by atoms with van der Waals surface area (Å²) in [5, 5.41) is 7.65. The first-order valence-corrected chi connectivity index (χ1v) is 22.2. The molecule has 0 heterocycles. The minimum absolute atomic E-state index is 0.293. The van der Waals surface area contributed by atoms with Gasteiger partial charge in [-0.15, -0.1) is 0 Å². The smallest absolute Gasteiger partial charge is 0.0467 e. The molecule has 1 aliphatic carbocycles. The predicted octanol–water partition coefficient (Wildman–Crippen LogP) is 17.2. The average molecular weight is 801 g/mol. The third-order valence-corrected chi connectivity index (χ3v) is 13.8. The summed E-state index contributed by atoms with van der Waals surface area (Å²) in [6.07, 6.45) is 0.953. The van der Waals surface area contributed by atoms with Gasteiger partial charge in [-0.2, -0.15) is 0 Å². The lowest BCUT2D eigenvalue weighted by molar-refractivity contribution is 0.615. The molecule has 1 unspecified atom stereocenters. The number of rotatable bonds is 7. The van der Waals surface area contributed by atoms with Crippen molar-refractivity contribution in [2.75, 3.05) is 0 Å². The monoisotopic (exact) mass is 800 g/mol. The molecule has 0 saturated heterocycles. The summed E-state index contributed by atoms with van der Waals surface area (Å²) >= 11 is 0. The summed E-state index contributed by atoms with van der Waals surface area (Å²) in [4.78, 5) is 0. The highest BCUT2D eigenvalue weighted by Crippen LogP contribution is 2.57. The van der Waals surface area contributed by atoms with Gasteiger partial charge >= 0.3 is 0 Å². The van der Waals surface area contributed by atoms with Crippen LogP contribution < -0.4 is 0 Å². The van der Waals surface area contributed by atoms with E-state index in [1.165, 1.54) is 116 Å². The zero-order chi connectivity index (χ0) is 41.9. The van der Waals surface area contributed by atoms with E-state index in [1.54, 1.807) is 0 Å². The molecule has 1 aliphatic rings. The standard InChI is InChI=1S/C63H44/c1-2-63(58-31-17-23-45-22-9-10-24-51(45)58)59-30-16-15-25-52(59)53-37-36-47(41-60(53)63)62-56-28-13-11-26-54(56)61(55-27-12-14-29-57(55)62)46-34-32-44(33-35-46)50-39-48(42-18-5-3-6-19-42)38-49(40-50)43-20-7-4-8-21-43/h3-41H,2H2,1H3. The van der Waals surface area contributed by atoms with Crippen molar-refractivity contribution in [1.82, 2.24) is 0 Å². The molecule has 0 fully saturated rings. The minimum Gasteiger partial charge on any atom is -0.0639 e. The zero-order valence-electron chi connectivity index (χ0n) is 35.2. The molecule has 12 rings (SSSR count). The summed E-state index contributed by atoms with van der Waals surface area (Å²) in [5.74, 6) is 0. The fourth-order valence-electron chi connectivity index (χ4n) is 11.0. The maximum Gasteiger partial charge on any atom is 0.0467 e. The quantitative estimate of drug-likeness (QED) is 0.141. The van der Waals surface area contributed by atoms with Crippen molar-refractivity contribution >= 4 is 32.3 Å². The Kier molecular flexibility index (Phi) is 8.80. The molecule has 0 aromatic heterocycles. The molecule has 296 valence electrons. The molecule has 0 radical (unpaired) electrons. The van der Waals surface area contributed by atoms with Crippen LogP contribution in [0.1, 0.15) is 30.0 Å². The van der Waals surface area contributed by atoms with E-state index >= 15 is 0 Å². The van der Waals surface area contributed by atoms with Crippen LogP contribution in [0.3, 0.4) is 0 Å². The average Bonchev–Trinajstić information content (AvgIpc) is 3.65. The second-order valence-electron chi connectivity index (χ2n) is 17.0. The highest BCUT2D eigenvalue weighted by atomic mass is 14.5. The molecule has 0 amide bonds. The normalized spacial score (nSPS) is 14.2. The fraction of sp³-hybridized carbons (Fsp3) is 0.0476. The SMILES string of the molecule is CCC1(c2cccc3ccccc23)c2ccccc2-c2ccc(-c3c4ccccc4c(-c4ccc(-c5cc(-c6ccccc6)cc(-c6ccccc6)c5)cc4)c4ccccc34)cc21. The topological polar surface area (TPSA) is 0 Å². The zero-order valence-corrected chi connectivity index (χ0v) is 35.2.